The zero-order valence-corrected chi connectivity index (χ0v) is 21.8. The number of aryl methyl sites for hydroxylation is 1. The third kappa shape index (κ3) is 6.30. The second kappa shape index (κ2) is 12.3. The summed E-state index contributed by atoms with van der Waals surface area (Å²) in [5.74, 6) is -1.23. The first-order chi connectivity index (χ1) is 16.8. The van der Waals surface area contributed by atoms with E-state index in [1.165, 1.54) is 7.05 Å². The van der Waals surface area contributed by atoms with E-state index >= 15 is 0 Å². The molecule has 3 rings (SSSR count). The van der Waals surface area contributed by atoms with E-state index in [9.17, 15) is 14.4 Å². The van der Waals surface area contributed by atoms with Crippen LogP contribution in [-0.4, -0.2) is 78.2 Å². The van der Waals surface area contributed by atoms with Crippen LogP contribution in [0.25, 0.3) is 0 Å². The predicted octanol–water partition coefficient (Wildman–Crippen LogP) is 2.42. The van der Waals surface area contributed by atoms with Gasteiger partial charge < -0.3 is 30.0 Å². The Morgan fingerprint density at radius 2 is 2.00 bits per heavy atom. The van der Waals surface area contributed by atoms with E-state index in [1.807, 2.05) is 18.7 Å². The van der Waals surface area contributed by atoms with Crippen LogP contribution in [0.2, 0.25) is 5.15 Å². The summed E-state index contributed by atoms with van der Waals surface area (Å²) in [5.41, 5.74) is 0.743. The highest BCUT2D eigenvalue weighted by Gasteiger charge is 2.35. The van der Waals surface area contributed by atoms with E-state index in [0.717, 1.165) is 17.8 Å². The van der Waals surface area contributed by atoms with Gasteiger partial charge in [0.1, 0.15) is 4.88 Å². The molecule has 1 fully saturated rings. The average Bonchev–Trinajstić information content (AvgIpc) is 3.47. The van der Waals surface area contributed by atoms with Crippen molar-refractivity contribution in [2.45, 2.75) is 52.2 Å². The summed E-state index contributed by atoms with van der Waals surface area (Å²) in [6.45, 7) is 7.31. The van der Waals surface area contributed by atoms with Gasteiger partial charge in [-0.15, -0.1) is 0 Å². The number of ether oxygens (including phenoxy) is 2. The van der Waals surface area contributed by atoms with Crippen molar-refractivity contribution in [2.24, 2.45) is 0 Å². The number of hydrogen-bond acceptors (Lipinski definition) is 9. The number of aromatic amines is 1. The van der Waals surface area contributed by atoms with Crippen molar-refractivity contribution < 1.29 is 23.9 Å². The van der Waals surface area contributed by atoms with Gasteiger partial charge in [0.05, 0.1) is 24.4 Å². The van der Waals surface area contributed by atoms with Crippen LogP contribution >= 0.6 is 22.9 Å². The third-order valence-electron chi connectivity index (χ3n) is 5.50. The lowest BCUT2D eigenvalue weighted by Crippen LogP contribution is -2.55. The minimum Gasteiger partial charge on any atom is -0.462 e. The van der Waals surface area contributed by atoms with Crippen LogP contribution < -0.4 is 15.5 Å². The number of nitrogens with zero attached hydrogens (tertiary/aromatic N) is 3. The number of aromatic nitrogens is 3. The molecule has 0 aliphatic carbocycles. The Morgan fingerprint density at radius 3 is 2.63 bits per heavy atom. The zero-order valence-electron chi connectivity index (χ0n) is 20.3. The lowest BCUT2D eigenvalue weighted by Gasteiger charge is -2.38. The van der Waals surface area contributed by atoms with Crippen molar-refractivity contribution in [2.75, 3.05) is 38.3 Å². The number of anilines is 1. The molecule has 2 atom stereocenters. The first kappa shape index (κ1) is 26.9. The van der Waals surface area contributed by atoms with Crippen molar-refractivity contribution in [3.8, 4) is 0 Å². The Labute approximate surface area is 212 Å². The van der Waals surface area contributed by atoms with Crippen LogP contribution in [0.5, 0.6) is 0 Å². The molecule has 3 heterocycles. The Balaban J connectivity index is 1.78. The number of halogens is 1. The smallest absolute Gasteiger partial charge is 0.350 e. The van der Waals surface area contributed by atoms with Gasteiger partial charge in [0, 0.05) is 26.7 Å². The second-order valence-electron chi connectivity index (χ2n) is 7.91. The van der Waals surface area contributed by atoms with Gasteiger partial charge in [-0.05, 0) is 26.2 Å². The zero-order chi connectivity index (χ0) is 25.5. The number of carbonyl (C=O) groups excluding carboxylic acids is 3. The van der Waals surface area contributed by atoms with Gasteiger partial charge >= 0.3 is 5.97 Å². The summed E-state index contributed by atoms with van der Waals surface area (Å²) in [6.07, 6.45) is 1.69. The molecule has 0 aromatic carbocycles. The minimum atomic E-state index is -0.584. The fourth-order valence-electron chi connectivity index (χ4n) is 3.71. The molecular weight excluding hydrogens is 496 g/mol. The number of carbonyl (C=O) groups is 3. The molecule has 192 valence electrons. The van der Waals surface area contributed by atoms with Crippen molar-refractivity contribution in [3.63, 3.8) is 0 Å². The van der Waals surface area contributed by atoms with Crippen LogP contribution in [0.4, 0.5) is 5.13 Å². The van der Waals surface area contributed by atoms with Gasteiger partial charge in [-0.3, -0.25) is 9.59 Å². The summed E-state index contributed by atoms with van der Waals surface area (Å²) in [7, 11) is 1.48. The van der Waals surface area contributed by atoms with Gasteiger partial charge in [0.2, 0.25) is 0 Å². The molecule has 0 bridgehead atoms. The number of rotatable bonds is 10. The van der Waals surface area contributed by atoms with Crippen molar-refractivity contribution in [1.29, 1.82) is 0 Å². The first-order valence-corrected chi connectivity index (χ1v) is 12.8. The summed E-state index contributed by atoms with van der Waals surface area (Å²) >= 11 is 7.19. The number of H-pyrrole nitrogens is 1. The lowest BCUT2D eigenvalue weighted by atomic mass is 10.0. The van der Waals surface area contributed by atoms with E-state index in [-0.39, 0.29) is 41.1 Å². The number of imidazole rings is 1. The normalized spacial score (nSPS) is 17.8. The maximum atomic E-state index is 12.8. The molecule has 0 spiro atoms. The van der Waals surface area contributed by atoms with E-state index < -0.39 is 11.9 Å². The van der Waals surface area contributed by atoms with E-state index in [1.54, 1.807) is 6.92 Å². The molecule has 0 radical (unpaired) electrons. The quantitative estimate of drug-likeness (QED) is 0.401. The fourth-order valence-corrected chi connectivity index (χ4v) is 4.97. The van der Waals surface area contributed by atoms with Crippen LogP contribution in [0, 0.1) is 0 Å². The highest BCUT2D eigenvalue weighted by molar-refractivity contribution is 7.17. The van der Waals surface area contributed by atoms with Gasteiger partial charge in [-0.1, -0.05) is 36.8 Å². The first-order valence-electron chi connectivity index (χ1n) is 11.6. The number of hydrogen-bond donors (Lipinski definition) is 3. The molecule has 1 aliphatic heterocycles. The number of nitrogens with one attached hydrogen (secondary N) is 3. The largest absolute Gasteiger partial charge is 0.462 e. The van der Waals surface area contributed by atoms with Crippen LogP contribution in [0.1, 0.15) is 70.1 Å². The van der Waals surface area contributed by atoms with E-state index in [2.05, 4.69) is 25.6 Å². The van der Waals surface area contributed by atoms with Gasteiger partial charge in [-0.25, -0.2) is 14.8 Å². The predicted molar refractivity (Wildman–Crippen MR) is 133 cm³/mol. The molecule has 11 nitrogen and oxygen atoms in total. The highest BCUT2D eigenvalue weighted by Crippen LogP contribution is 2.30. The molecule has 13 heteroatoms. The molecule has 1 saturated heterocycles. The van der Waals surface area contributed by atoms with Crippen molar-refractivity contribution in [1.82, 2.24) is 25.6 Å². The van der Waals surface area contributed by atoms with Gasteiger partial charge in [0.25, 0.3) is 11.8 Å². The van der Waals surface area contributed by atoms with E-state index in [4.69, 9.17) is 21.1 Å². The topological polar surface area (TPSA) is 139 Å². The molecule has 35 heavy (non-hydrogen) atoms. The molecule has 1 aliphatic rings. The van der Waals surface area contributed by atoms with Crippen LogP contribution in [-0.2, 0) is 15.9 Å². The number of piperidine rings is 1. The summed E-state index contributed by atoms with van der Waals surface area (Å²) < 4.78 is 11.2. The van der Waals surface area contributed by atoms with Crippen molar-refractivity contribution in [3.05, 3.63) is 27.2 Å². The van der Waals surface area contributed by atoms with Crippen LogP contribution in [0.3, 0.4) is 0 Å². The highest BCUT2D eigenvalue weighted by atomic mass is 35.5. The molecule has 2 aromatic heterocycles. The Bertz CT molecular complexity index is 1060. The van der Waals surface area contributed by atoms with Gasteiger partial charge in [-0.2, -0.15) is 0 Å². The molecule has 0 saturated carbocycles. The Morgan fingerprint density at radius 1 is 1.23 bits per heavy atom. The fraction of sp³-hybridized carbons (Fsp3) is 0.591. The summed E-state index contributed by atoms with van der Waals surface area (Å²) in [4.78, 5) is 51.2. The maximum Gasteiger partial charge on any atom is 0.350 e. The Hall–Kier alpha value is -2.70. The molecule has 0 unspecified atom stereocenters. The molecule has 2 amide bonds. The second-order valence-corrected chi connectivity index (χ2v) is 9.24. The number of esters is 1. The molecular formula is C22H31ClN6O5S. The average molecular weight is 527 g/mol. The standard InChI is InChI=1S/C22H31ClN6O5S/c1-5-10-34-14-11-29(22-27-15(19(30)24-4)16(35-22)21(32)33-7-3)9-8-13(14)26-20(31)18-25-12(6-2)17(23)28-18/h13-14H,5-11H2,1-4H3,(H,24,30)(H,25,28)(H,26,31)/t13-,14+/m0/s1. The summed E-state index contributed by atoms with van der Waals surface area (Å²) in [5, 5.41) is 6.34. The van der Waals surface area contributed by atoms with Crippen molar-refractivity contribution >= 4 is 45.9 Å². The SMILES string of the molecule is CCCO[C@@H]1CN(c2nc(C(=O)NC)c(C(=O)OCC)s2)CC[C@@H]1NC(=O)c1nc(Cl)c(CC)[nH]1. The minimum absolute atomic E-state index is 0.0360. The molecule has 3 N–H and O–H groups in total. The van der Waals surface area contributed by atoms with Crippen LogP contribution in [0.15, 0.2) is 0 Å². The van der Waals surface area contributed by atoms with Gasteiger partial charge in [0.15, 0.2) is 21.8 Å². The Kier molecular flexibility index (Phi) is 9.47. The lowest BCUT2D eigenvalue weighted by molar-refractivity contribution is 0.0204. The number of amides is 2. The summed E-state index contributed by atoms with van der Waals surface area (Å²) in [6, 6.07) is -0.262. The third-order valence-corrected chi connectivity index (χ3v) is 6.91. The molecule has 2 aromatic rings. The number of thiazole rings is 1. The maximum absolute atomic E-state index is 12.8. The van der Waals surface area contributed by atoms with E-state index in [0.29, 0.717) is 48.5 Å². The monoisotopic (exact) mass is 526 g/mol.